The highest BCUT2D eigenvalue weighted by molar-refractivity contribution is 9.10. The van der Waals surface area contributed by atoms with Gasteiger partial charge in [0.1, 0.15) is 10.7 Å². The largest absolute Gasteiger partial charge is 0.330 e. The third kappa shape index (κ3) is 3.80. The molecule has 1 heterocycles. The molecule has 0 fully saturated rings. The molecule has 2 rings (SSSR count). The molecule has 21 heavy (non-hydrogen) atoms. The number of para-hydroxylation sites is 1. The second-order valence-electron chi connectivity index (χ2n) is 4.28. The lowest BCUT2D eigenvalue weighted by molar-refractivity contribution is 0.582. The van der Waals surface area contributed by atoms with E-state index in [4.69, 9.17) is 5.73 Å². The van der Waals surface area contributed by atoms with Crippen LogP contribution in [0, 0.1) is 5.82 Å². The van der Waals surface area contributed by atoms with E-state index in [1.807, 2.05) is 0 Å². The lowest BCUT2D eigenvalue weighted by Crippen LogP contribution is -2.14. The molecule has 3 N–H and O–H groups in total. The Labute approximate surface area is 130 Å². The first-order valence-corrected chi connectivity index (χ1v) is 8.41. The van der Waals surface area contributed by atoms with Gasteiger partial charge in [0.15, 0.2) is 0 Å². The molecule has 114 valence electrons. The number of aryl methyl sites for hydroxylation is 1. The first kappa shape index (κ1) is 15.9. The fraction of sp³-hybridized carbons (Fsp3) is 0.250. The SMILES string of the molecule is NCCCn1cc(S(=O)(=O)Nc2c(F)cccc2Br)cn1. The Morgan fingerprint density at radius 2 is 2.19 bits per heavy atom. The zero-order valence-electron chi connectivity index (χ0n) is 11.0. The molecule has 0 unspecified atom stereocenters. The van der Waals surface area contributed by atoms with Gasteiger partial charge in [-0.1, -0.05) is 6.07 Å². The number of sulfonamides is 1. The molecule has 0 amide bonds. The Morgan fingerprint density at radius 1 is 1.43 bits per heavy atom. The second kappa shape index (κ2) is 6.54. The Balaban J connectivity index is 2.24. The second-order valence-corrected chi connectivity index (χ2v) is 6.82. The number of rotatable bonds is 6. The lowest BCUT2D eigenvalue weighted by Gasteiger charge is -2.09. The van der Waals surface area contributed by atoms with E-state index < -0.39 is 15.8 Å². The molecule has 1 aromatic carbocycles. The highest BCUT2D eigenvalue weighted by Gasteiger charge is 2.19. The summed E-state index contributed by atoms with van der Waals surface area (Å²) in [6.45, 7) is 1.01. The molecule has 1 aromatic heterocycles. The predicted molar refractivity (Wildman–Crippen MR) is 80.8 cm³/mol. The van der Waals surface area contributed by atoms with Crippen LogP contribution in [0.5, 0.6) is 0 Å². The molecule has 0 atom stereocenters. The molecule has 0 radical (unpaired) electrons. The Morgan fingerprint density at radius 3 is 2.86 bits per heavy atom. The minimum atomic E-state index is -3.90. The maximum atomic E-state index is 13.7. The maximum Gasteiger partial charge on any atom is 0.265 e. The molecular formula is C12H14BrFN4O2S. The van der Waals surface area contributed by atoms with Gasteiger partial charge < -0.3 is 5.73 Å². The number of aromatic nitrogens is 2. The molecule has 2 aromatic rings. The van der Waals surface area contributed by atoms with Crippen LogP contribution >= 0.6 is 15.9 Å². The van der Waals surface area contributed by atoms with Crippen molar-refractivity contribution in [2.75, 3.05) is 11.3 Å². The monoisotopic (exact) mass is 376 g/mol. The molecular weight excluding hydrogens is 363 g/mol. The number of benzene rings is 1. The summed E-state index contributed by atoms with van der Waals surface area (Å²) in [4.78, 5) is -0.0327. The standard InChI is InChI=1S/C12H14BrFN4O2S/c13-10-3-1-4-11(14)12(10)17-21(19,20)9-7-16-18(8-9)6-2-5-15/h1,3-4,7-8,17H,2,5-6,15H2. The van der Waals surface area contributed by atoms with Gasteiger partial charge in [-0.2, -0.15) is 5.10 Å². The van der Waals surface area contributed by atoms with Crippen molar-refractivity contribution < 1.29 is 12.8 Å². The van der Waals surface area contributed by atoms with E-state index in [1.165, 1.54) is 29.2 Å². The minimum Gasteiger partial charge on any atom is -0.330 e. The summed E-state index contributed by atoms with van der Waals surface area (Å²) >= 11 is 3.11. The molecule has 0 saturated heterocycles. The van der Waals surface area contributed by atoms with E-state index in [0.717, 1.165) is 0 Å². The Kier molecular flexibility index (Phi) is 4.96. The lowest BCUT2D eigenvalue weighted by atomic mass is 10.3. The highest BCUT2D eigenvalue weighted by atomic mass is 79.9. The number of nitrogens with one attached hydrogen (secondary N) is 1. The van der Waals surface area contributed by atoms with Crippen LogP contribution in [0.2, 0.25) is 0 Å². The zero-order valence-corrected chi connectivity index (χ0v) is 13.4. The summed E-state index contributed by atoms with van der Waals surface area (Å²) in [7, 11) is -3.90. The first-order chi connectivity index (χ1) is 9.94. The number of hydrogen-bond acceptors (Lipinski definition) is 4. The molecule has 9 heteroatoms. The van der Waals surface area contributed by atoms with Gasteiger partial charge >= 0.3 is 0 Å². The Bertz CT molecular complexity index is 712. The smallest absolute Gasteiger partial charge is 0.265 e. The van der Waals surface area contributed by atoms with Crippen molar-refractivity contribution in [3.8, 4) is 0 Å². The molecule has 6 nitrogen and oxygen atoms in total. The molecule has 0 saturated carbocycles. The summed E-state index contributed by atoms with van der Waals surface area (Å²) in [6.07, 6.45) is 3.29. The van der Waals surface area contributed by atoms with Crippen LogP contribution in [-0.4, -0.2) is 24.7 Å². The summed E-state index contributed by atoms with van der Waals surface area (Å²) < 4.78 is 42.1. The quantitative estimate of drug-likeness (QED) is 0.805. The van der Waals surface area contributed by atoms with Crippen molar-refractivity contribution in [2.45, 2.75) is 17.9 Å². The van der Waals surface area contributed by atoms with Crippen LogP contribution < -0.4 is 10.5 Å². The van der Waals surface area contributed by atoms with Gasteiger partial charge in [-0.15, -0.1) is 0 Å². The molecule has 0 aliphatic heterocycles. The maximum absolute atomic E-state index is 13.7. The number of halogens is 2. The number of anilines is 1. The van der Waals surface area contributed by atoms with Crippen LogP contribution in [0.3, 0.4) is 0 Å². The van der Waals surface area contributed by atoms with Gasteiger partial charge in [-0.25, -0.2) is 12.8 Å². The number of hydrogen-bond donors (Lipinski definition) is 2. The predicted octanol–water partition coefficient (Wildman–Crippen LogP) is 1.93. The topological polar surface area (TPSA) is 90.0 Å². The van der Waals surface area contributed by atoms with E-state index in [-0.39, 0.29) is 10.6 Å². The van der Waals surface area contributed by atoms with Crippen molar-refractivity contribution in [2.24, 2.45) is 5.73 Å². The third-order valence-electron chi connectivity index (χ3n) is 2.71. The van der Waals surface area contributed by atoms with Gasteiger partial charge in [0.05, 0.1) is 11.9 Å². The summed E-state index contributed by atoms with van der Waals surface area (Å²) in [5, 5.41) is 3.94. The van der Waals surface area contributed by atoms with E-state index in [1.54, 1.807) is 6.07 Å². The zero-order chi connectivity index (χ0) is 15.5. The number of nitrogens with two attached hydrogens (primary N) is 1. The highest BCUT2D eigenvalue weighted by Crippen LogP contribution is 2.27. The summed E-state index contributed by atoms with van der Waals surface area (Å²) in [5.41, 5.74) is 5.25. The molecule has 0 aliphatic carbocycles. The van der Waals surface area contributed by atoms with Crippen molar-refractivity contribution in [1.29, 1.82) is 0 Å². The average Bonchev–Trinajstić information content (AvgIpc) is 2.90. The van der Waals surface area contributed by atoms with Gasteiger partial charge in [-0.05, 0) is 41.0 Å². The van der Waals surface area contributed by atoms with Crippen molar-refractivity contribution in [3.63, 3.8) is 0 Å². The van der Waals surface area contributed by atoms with Crippen LogP contribution in [0.15, 0.2) is 40.0 Å². The molecule has 0 aliphatic rings. The van der Waals surface area contributed by atoms with Crippen molar-refractivity contribution >= 4 is 31.6 Å². The van der Waals surface area contributed by atoms with Crippen molar-refractivity contribution in [1.82, 2.24) is 9.78 Å². The summed E-state index contributed by atoms with van der Waals surface area (Å²) in [6, 6.07) is 4.20. The normalized spacial score (nSPS) is 11.6. The minimum absolute atomic E-state index is 0.0327. The molecule has 0 spiro atoms. The van der Waals surface area contributed by atoms with Crippen LogP contribution in [0.25, 0.3) is 0 Å². The van der Waals surface area contributed by atoms with E-state index in [0.29, 0.717) is 24.0 Å². The Hall–Kier alpha value is -1.45. The van der Waals surface area contributed by atoms with E-state index >= 15 is 0 Å². The third-order valence-corrected chi connectivity index (χ3v) is 4.68. The van der Waals surface area contributed by atoms with Gasteiger partial charge in [-0.3, -0.25) is 9.40 Å². The number of nitrogens with zero attached hydrogens (tertiary/aromatic N) is 2. The molecule has 0 bridgehead atoms. The van der Waals surface area contributed by atoms with Crippen molar-refractivity contribution in [3.05, 3.63) is 40.9 Å². The van der Waals surface area contributed by atoms with E-state index in [9.17, 15) is 12.8 Å². The van der Waals surface area contributed by atoms with Gasteiger partial charge in [0, 0.05) is 17.2 Å². The van der Waals surface area contributed by atoms with E-state index in [2.05, 4.69) is 25.8 Å². The fourth-order valence-electron chi connectivity index (χ4n) is 1.65. The first-order valence-electron chi connectivity index (χ1n) is 6.13. The van der Waals surface area contributed by atoms with Gasteiger partial charge in [0.25, 0.3) is 10.0 Å². The average molecular weight is 377 g/mol. The van der Waals surface area contributed by atoms with Crippen LogP contribution in [0.1, 0.15) is 6.42 Å². The van der Waals surface area contributed by atoms with Gasteiger partial charge in [0.2, 0.25) is 0 Å². The van der Waals surface area contributed by atoms with Crippen LogP contribution in [-0.2, 0) is 16.6 Å². The summed E-state index contributed by atoms with van der Waals surface area (Å²) in [5.74, 6) is -0.663. The fourth-order valence-corrected chi connectivity index (χ4v) is 3.26. The van der Waals surface area contributed by atoms with Crippen LogP contribution in [0.4, 0.5) is 10.1 Å².